The van der Waals surface area contributed by atoms with Crippen LogP contribution in [0.15, 0.2) is 0 Å². The van der Waals surface area contributed by atoms with E-state index < -0.39 is 0 Å². The van der Waals surface area contributed by atoms with Crippen LogP contribution in [0, 0.1) is 12.8 Å². The Morgan fingerprint density at radius 2 is 2.00 bits per heavy atom. The molecule has 1 aliphatic rings. The zero-order valence-electron chi connectivity index (χ0n) is 12.2. The van der Waals surface area contributed by atoms with Gasteiger partial charge < -0.3 is 4.74 Å². The Morgan fingerprint density at radius 1 is 1.33 bits per heavy atom. The van der Waals surface area contributed by atoms with Crippen molar-refractivity contribution in [2.45, 2.75) is 59.4 Å². The van der Waals surface area contributed by atoms with E-state index >= 15 is 0 Å². The van der Waals surface area contributed by atoms with Gasteiger partial charge in [0, 0.05) is 25.5 Å². The molecule has 1 aliphatic heterocycles. The number of ether oxygens (including phenoxy) is 1. The van der Waals surface area contributed by atoms with E-state index in [4.69, 9.17) is 9.84 Å². The first-order valence-corrected chi connectivity index (χ1v) is 7.27. The van der Waals surface area contributed by atoms with Crippen molar-refractivity contribution >= 4 is 0 Å². The first kappa shape index (κ1) is 13.6. The minimum absolute atomic E-state index is 0.573. The predicted molar refractivity (Wildman–Crippen MR) is 74.0 cm³/mol. The number of nitrogens with zero attached hydrogens (tertiary/aromatic N) is 2. The average molecular weight is 250 g/mol. The van der Waals surface area contributed by atoms with Gasteiger partial charge in [-0.15, -0.1) is 0 Å². The molecule has 2 rings (SSSR count). The first-order chi connectivity index (χ1) is 8.63. The first-order valence-electron chi connectivity index (χ1n) is 7.27. The number of rotatable bonds is 4. The van der Waals surface area contributed by atoms with Crippen molar-refractivity contribution in [3.8, 4) is 0 Å². The quantitative estimate of drug-likeness (QED) is 0.820. The van der Waals surface area contributed by atoms with E-state index in [9.17, 15) is 0 Å². The summed E-state index contributed by atoms with van der Waals surface area (Å²) in [6.07, 6.45) is 3.39. The third kappa shape index (κ3) is 2.77. The van der Waals surface area contributed by atoms with Crippen molar-refractivity contribution in [2.75, 3.05) is 13.2 Å². The summed E-state index contributed by atoms with van der Waals surface area (Å²) >= 11 is 0. The second-order valence-corrected chi connectivity index (χ2v) is 5.69. The molecule has 1 aromatic rings. The van der Waals surface area contributed by atoms with Crippen LogP contribution in [0.3, 0.4) is 0 Å². The summed E-state index contributed by atoms with van der Waals surface area (Å²) in [4.78, 5) is 0. The lowest BCUT2D eigenvalue weighted by molar-refractivity contribution is 0.0599. The molecule has 0 unspecified atom stereocenters. The monoisotopic (exact) mass is 250 g/mol. The molecule has 3 heteroatoms. The van der Waals surface area contributed by atoms with Gasteiger partial charge in [-0.2, -0.15) is 5.10 Å². The molecule has 1 saturated heterocycles. The van der Waals surface area contributed by atoms with Crippen LogP contribution >= 0.6 is 0 Å². The Hall–Kier alpha value is -0.830. The Bertz CT molecular complexity index is 389. The fourth-order valence-corrected chi connectivity index (χ4v) is 2.99. The molecule has 0 saturated carbocycles. The average Bonchev–Trinajstić information content (AvgIpc) is 2.67. The van der Waals surface area contributed by atoms with Crippen LogP contribution in [0.4, 0.5) is 0 Å². The second-order valence-electron chi connectivity index (χ2n) is 5.69. The van der Waals surface area contributed by atoms with Gasteiger partial charge in [-0.25, -0.2) is 0 Å². The van der Waals surface area contributed by atoms with Crippen molar-refractivity contribution in [2.24, 2.45) is 5.92 Å². The SMILES string of the molecule is CCc1nn(CC2CCOCC2)c(C)c1C(C)C. The fourth-order valence-electron chi connectivity index (χ4n) is 2.99. The smallest absolute Gasteiger partial charge is 0.0659 e. The van der Waals surface area contributed by atoms with E-state index in [1.165, 1.54) is 29.8 Å². The van der Waals surface area contributed by atoms with Crippen molar-refractivity contribution in [1.82, 2.24) is 9.78 Å². The van der Waals surface area contributed by atoms with Gasteiger partial charge >= 0.3 is 0 Å². The highest BCUT2D eigenvalue weighted by molar-refractivity contribution is 5.28. The molecule has 0 spiro atoms. The summed E-state index contributed by atoms with van der Waals surface area (Å²) in [5.41, 5.74) is 4.12. The molecule has 1 fully saturated rings. The van der Waals surface area contributed by atoms with Crippen LogP contribution < -0.4 is 0 Å². The van der Waals surface area contributed by atoms with Gasteiger partial charge in [0.15, 0.2) is 0 Å². The Morgan fingerprint density at radius 3 is 2.50 bits per heavy atom. The van der Waals surface area contributed by atoms with Crippen LogP contribution in [-0.4, -0.2) is 23.0 Å². The number of aromatic nitrogens is 2. The molecule has 0 amide bonds. The summed E-state index contributed by atoms with van der Waals surface area (Å²) in [5.74, 6) is 1.31. The number of aryl methyl sites for hydroxylation is 1. The number of hydrogen-bond acceptors (Lipinski definition) is 2. The maximum absolute atomic E-state index is 5.43. The van der Waals surface area contributed by atoms with Gasteiger partial charge in [0.25, 0.3) is 0 Å². The van der Waals surface area contributed by atoms with Crippen molar-refractivity contribution in [3.63, 3.8) is 0 Å². The van der Waals surface area contributed by atoms with E-state index in [-0.39, 0.29) is 0 Å². The van der Waals surface area contributed by atoms with Gasteiger partial charge in [0.2, 0.25) is 0 Å². The highest BCUT2D eigenvalue weighted by Gasteiger charge is 2.20. The van der Waals surface area contributed by atoms with Crippen molar-refractivity contribution < 1.29 is 4.74 Å². The molecule has 3 nitrogen and oxygen atoms in total. The zero-order valence-corrected chi connectivity index (χ0v) is 12.2. The Kier molecular flexibility index (Phi) is 4.44. The second kappa shape index (κ2) is 5.87. The standard InChI is InChI=1S/C15H26N2O/c1-5-14-15(11(2)3)12(4)17(16-14)10-13-6-8-18-9-7-13/h11,13H,5-10H2,1-4H3. The predicted octanol–water partition coefficient (Wildman–Crippen LogP) is 3.30. The fraction of sp³-hybridized carbons (Fsp3) is 0.800. The summed E-state index contributed by atoms with van der Waals surface area (Å²) in [7, 11) is 0. The molecule has 0 N–H and O–H groups in total. The van der Waals surface area contributed by atoms with Gasteiger partial charge in [0.1, 0.15) is 0 Å². The molecular weight excluding hydrogens is 224 g/mol. The third-order valence-corrected chi connectivity index (χ3v) is 4.01. The van der Waals surface area contributed by atoms with Gasteiger partial charge in [-0.1, -0.05) is 20.8 Å². The normalized spacial score (nSPS) is 17.6. The molecule has 2 heterocycles. The lowest BCUT2D eigenvalue weighted by Crippen LogP contribution is -2.21. The summed E-state index contributed by atoms with van der Waals surface area (Å²) in [6, 6.07) is 0. The zero-order chi connectivity index (χ0) is 13.1. The Labute approximate surface area is 111 Å². The van der Waals surface area contributed by atoms with E-state index in [1.54, 1.807) is 0 Å². The van der Waals surface area contributed by atoms with E-state index in [0.717, 1.165) is 32.1 Å². The third-order valence-electron chi connectivity index (χ3n) is 4.01. The summed E-state index contributed by atoms with van der Waals surface area (Å²) < 4.78 is 7.67. The molecule has 0 bridgehead atoms. The molecule has 0 aliphatic carbocycles. The highest BCUT2D eigenvalue weighted by atomic mass is 16.5. The lowest BCUT2D eigenvalue weighted by Gasteiger charge is -2.22. The van der Waals surface area contributed by atoms with Crippen LogP contribution in [0.1, 0.15) is 56.5 Å². The van der Waals surface area contributed by atoms with Crippen LogP contribution in [0.25, 0.3) is 0 Å². The topological polar surface area (TPSA) is 27.1 Å². The highest BCUT2D eigenvalue weighted by Crippen LogP contribution is 2.25. The van der Waals surface area contributed by atoms with E-state index in [1.807, 2.05) is 0 Å². The summed E-state index contributed by atoms with van der Waals surface area (Å²) in [5, 5.41) is 4.82. The Balaban J connectivity index is 2.17. The van der Waals surface area contributed by atoms with Crippen LogP contribution in [0.2, 0.25) is 0 Å². The van der Waals surface area contributed by atoms with Crippen molar-refractivity contribution in [3.05, 3.63) is 17.0 Å². The molecular formula is C15H26N2O. The largest absolute Gasteiger partial charge is 0.381 e. The van der Waals surface area contributed by atoms with Crippen LogP contribution in [0.5, 0.6) is 0 Å². The van der Waals surface area contributed by atoms with Gasteiger partial charge in [-0.3, -0.25) is 4.68 Å². The lowest BCUT2D eigenvalue weighted by atomic mass is 9.98. The van der Waals surface area contributed by atoms with Crippen LogP contribution in [-0.2, 0) is 17.7 Å². The molecule has 18 heavy (non-hydrogen) atoms. The van der Waals surface area contributed by atoms with Crippen molar-refractivity contribution in [1.29, 1.82) is 0 Å². The van der Waals surface area contributed by atoms with Gasteiger partial charge in [0.05, 0.1) is 5.69 Å². The molecule has 0 aromatic carbocycles. The molecule has 0 radical (unpaired) electrons. The maximum Gasteiger partial charge on any atom is 0.0659 e. The molecule has 1 aromatic heterocycles. The maximum atomic E-state index is 5.43. The summed E-state index contributed by atoms with van der Waals surface area (Å²) in [6.45, 7) is 11.9. The molecule has 102 valence electrons. The number of hydrogen-bond donors (Lipinski definition) is 0. The van der Waals surface area contributed by atoms with E-state index in [2.05, 4.69) is 32.4 Å². The minimum Gasteiger partial charge on any atom is -0.381 e. The minimum atomic E-state index is 0.573. The van der Waals surface area contributed by atoms with E-state index in [0.29, 0.717) is 5.92 Å². The molecule has 0 atom stereocenters. The van der Waals surface area contributed by atoms with Gasteiger partial charge in [-0.05, 0) is 43.6 Å².